The molecule has 0 rings (SSSR count). The van der Waals surface area contributed by atoms with E-state index < -0.39 is 0 Å². The van der Waals surface area contributed by atoms with E-state index >= 15 is 0 Å². The van der Waals surface area contributed by atoms with Crippen LogP contribution in [0.4, 0.5) is 0 Å². The molecule has 330 valence electrons. The topological polar surface area (TPSA) is 133 Å². The minimum atomic E-state index is -0.0698. The number of rotatable bonds is 44. The van der Waals surface area contributed by atoms with Crippen molar-refractivity contribution in [3.8, 4) is 0 Å². The average molecular weight is 828 g/mol. The van der Waals surface area contributed by atoms with Gasteiger partial charge in [0.1, 0.15) is 0 Å². The van der Waals surface area contributed by atoms with E-state index in [1.54, 1.807) is 23.5 Å². The molecule has 0 amide bonds. The fourth-order valence-corrected chi connectivity index (χ4v) is 8.04. The summed E-state index contributed by atoms with van der Waals surface area (Å²) in [4.78, 5) is 35.4. The number of amidine groups is 2. The predicted octanol–water partition coefficient (Wildman–Crippen LogP) is 11.1. The van der Waals surface area contributed by atoms with Crippen LogP contribution in [-0.2, 0) is 19.1 Å². The van der Waals surface area contributed by atoms with Crippen molar-refractivity contribution in [2.24, 2.45) is 21.5 Å². The van der Waals surface area contributed by atoms with Crippen LogP contribution in [0.3, 0.4) is 0 Å². The Kier molecular flexibility index (Phi) is 43.5. The molecule has 0 heterocycles. The summed E-state index contributed by atoms with van der Waals surface area (Å²) in [6, 6.07) is 0. The van der Waals surface area contributed by atoms with Crippen molar-refractivity contribution in [2.45, 2.75) is 194 Å². The molecule has 0 aromatic heterocycles. The lowest BCUT2D eigenvalue weighted by Gasteiger charge is -2.15. The van der Waals surface area contributed by atoms with Crippen LogP contribution in [0, 0.1) is 0 Å². The van der Waals surface area contributed by atoms with Gasteiger partial charge in [0.25, 0.3) is 0 Å². The SMILES string of the molecule is CCCCCCCCCCCCOC(=O)CCSCCCC(N)=NCCCN(C)CCCN=C(N)CCCSCCC(=O)OCCCCCCCCCCCC. The third-order valence-electron chi connectivity index (χ3n) is 9.89. The van der Waals surface area contributed by atoms with E-state index in [2.05, 4.69) is 35.8 Å². The molecule has 0 aliphatic heterocycles. The smallest absolute Gasteiger partial charge is 0.306 e. The number of hydrogen-bond acceptors (Lipinski definition) is 9. The summed E-state index contributed by atoms with van der Waals surface area (Å²) < 4.78 is 10.8. The van der Waals surface area contributed by atoms with Gasteiger partial charge in [-0.1, -0.05) is 129 Å². The minimum absolute atomic E-state index is 0.0698. The van der Waals surface area contributed by atoms with Crippen LogP contribution < -0.4 is 11.5 Å². The molecule has 0 saturated heterocycles. The highest BCUT2D eigenvalue weighted by Crippen LogP contribution is 2.13. The Balaban J connectivity index is 3.56. The van der Waals surface area contributed by atoms with Crippen LogP contribution in [0.1, 0.15) is 194 Å². The third kappa shape index (κ3) is 43.7. The van der Waals surface area contributed by atoms with Gasteiger partial charge < -0.3 is 25.8 Å². The molecule has 0 aliphatic rings. The van der Waals surface area contributed by atoms with Gasteiger partial charge >= 0.3 is 11.9 Å². The van der Waals surface area contributed by atoms with Gasteiger partial charge in [0, 0.05) is 37.4 Å². The first-order chi connectivity index (χ1) is 27.4. The number of unbranched alkanes of at least 4 members (excludes halogenated alkanes) is 18. The van der Waals surface area contributed by atoms with Crippen LogP contribution in [-0.4, -0.2) is 98.0 Å². The zero-order chi connectivity index (χ0) is 41.0. The zero-order valence-corrected chi connectivity index (χ0v) is 38.4. The van der Waals surface area contributed by atoms with E-state index in [4.69, 9.17) is 20.9 Å². The van der Waals surface area contributed by atoms with Crippen molar-refractivity contribution >= 4 is 47.1 Å². The molecule has 0 aliphatic carbocycles. The number of esters is 2. The number of nitrogens with two attached hydrogens (primary N) is 2. The molecular weight excluding hydrogens is 739 g/mol. The standard InChI is InChI=1S/C45H89N5O4S2/c1-4-6-8-10-12-14-16-18-20-22-36-53-44(51)30-40-55-38-24-28-42(46)48-32-26-34-50(3)35-27-33-49-43(47)29-25-39-56-41-31-45(52)54-37-23-21-19-17-15-13-11-9-7-5-2/h4-41H2,1-3H3,(H2,46,48)(H2,47,49). The lowest BCUT2D eigenvalue weighted by molar-refractivity contribution is -0.144. The Morgan fingerprint density at radius 1 is 0.464 bits per heavy atom. The summed E-state index contributed by atoms with van der Waals surface area (Å²) in [5.41, 5.74) is 12.3. The first-order valence-electron chi connectivity index (χ1n) is 23.1. The van der Waals surface area contributed by atoms with Crippen molar-refractivity contribution < 1.29 is 19.1 Å². The molecule has 0 radical (unpaired) electrons. The van der Waals surface area contributed by atoms with E-state index in [1.165, 1.54) is 103 Å². The molecule has 0 aromatic rings. The summed E-state index contributed by atoms with van der Waals surface area (Å²) in [5.74, 6) is 4.88. The highest BCUT2D eigenvalue weighted by molar-refractivity contribution is 7.99. The Bertz CT molecular complexity index is 868. The predicted molar refractivity (Wildman–Crippen MR) is 248 cm³/mol. The summed E-state index contributed by atoms with van der Waals surface area (Å²) in [5, 5.41) is 0. The second-order valence-corrected chi connectivity index (χ2v) is 17.9. The highest BCUT2D eigenvalue weighted by Gasteiger charge is 2.05. The number of nitrogens with zero attached hydrogens (tertiary/aromatic N) is 3. The van der Waals surface area contributed by atoms with E-state index in [-0.39, 0.29) is 11.9 Å². The Hall–Kier alpha value is -1.46. The Morgan fingerprint density at radius 3 is 1.16 bits per heavy atom. The lowest BCUT2D eigenvalue weighted by atomic mass is 10.1. The van der Waals surface area contributed by atoms with Crippen molar-refractivity contribution in [1.82, 2.24) is 4.90 Å². The monoisotopic (exact) mass is 828 g/mol. The molecule has 0 aromatic carbocycles. The van der Waals surface area contributed by atoms with Crippen molar-refractivity contribution in [3.63, 3.8) is 0 Å². The Labute approximate surface area is 354 Å². The van der Waals surface area contributed by atoms with Crippen LogP contribution in [0.5, 0.6) is 0 Å². The van der Waals surface area contributed by atoms with Crippen LogP contribution in [0.2, 0.25) is 0 Å². The van der Waals surface area contributed by atoms with Crippen LogP contribution in [0.25, 0.3) is 0 Å². The number of thioether (sulfide) groups is 2. The van der Waals surface area contributed by atoms with Crippen molar-refractivity contribution in [1.29, 1.82) is 0 Å². The van der Waals surface area contributed by atoms with E-state index in [0.717, 1.165) is 125 Å². The van der Waals surface area contributed by atoms with Crippen LogP contribution >= 0.6 is 23.5 Å². The molecule has 11 heteroatoms. The van der Waals surface area contributed by atoms with Gasteiger partial charge in [-0.15, -0.1) is 0 Å². The fraction of sp³-hybridized carbons (Fsp3) is 0.911. The number of aliphatic imine (C=N–C) groups is 2. The molecule has 0 atom stereocenters. The number of hydrogen-bond donors (Lipinski definition) is 2. The first kappa shape index (κ1) is 54.5. The summed E-state index contributed by atoms with van der Waals surface area (Å²) >= 11 is 3.58. The molecule has 0 spiro atoms. The third-order valence-corrected chi connectivity index (χ3v) is 12.0. The summed E-state index contributed by atoms with van der Waals surface area (Å²) in [6.07, 6.45) is 32.2. The number of carbonyl (C=O) groups is 2. The van der Waals surface area contributed by atoms with Gasteiger partial charge in [0.05, 0.1) is 37.7 Å². The van der Waals surface area contributed by atoms with E-state index in [1.807, 2.05) is 0 Å². The lowest BCUT2D eigenvalue weighted by Crippen LogP contribution is -2.23. The molecule has 4 N–H and O–H groups in total. The second-order valence-electron chi connectivity index (χ2n) is 15.5. The van der Waals surface area contributed by atoms with Gasteiger partial charge in [-0.2, -0.15) is 23.5 Å². The highest BCUT2D eigenvalue weighted by atomic mass is 32.2. The molecule has 0 bridgehead atoms. The summed E-state index contributed by atoms with van der Waals surface area (Å²) in [7, 11) is 2.14. The van der Waals surface area contributed by atoms with Gasteiger partial charge in [-0.25, -0.2) is 0 Å². The molecular formula is C45H89N5O4S2. The maximum absolute atomic E-state index is 12.0. The van der Waals surface area contributed by atoms with Gasteiger partial charge in [0.2, 0.25) is 0 Å². The molecule has 0 unspecified atom stereocenters. The maximum Gasteiger partial charge on any atom is 0.306 e. The quantitative estimate of drug-likeness (QED) is 0.0266. The van der Waals surface area contributed by atoms with Gasteiger partial charge in [-0.3, -0.25) is 19.6 Å². The molecule has 56 heavy (non-hydrogen) atoms. The van der Waals surface area contributed by atoms with Crippen molar-refractivity contribution in [3.05, 3.63) is 0 Å². The van der Waals surface area contributed by atoms with Crippen LogP contribution in [0.15, 0.2) is 9.98 Å². The van der Waals surface area contributed by atoms with Gasteiger partial charge in [0.15, 0.2) is 0 Å². The largest absolute Gasteiger partial charge is 0.466 e. The van der Waals surface area contributed by atoms with Crippen molar-refractivity contribution in [2.75, 3.05) is 69.5 Å². The molecule has 9 nitrogen and oxygen atoms in total. The second kappa shape index (κ2) is 44.6. The van der Waals surface area contributed by atoms with Gasteiger partial charge in [-0.05, 0) is 70.2 Å². The number of ether oxygens (including phenoxy) is 2. The number of carbonyl (C=O) groups excluding carboxylic acids is 2. The zero-order valence-electron chi connectivity index (χ0n) is 36.8. The molecule has 0 saturated carbocycles. The maximum atomic E-state index is 12.0. The fourth-order valence-electron chi connectivity index (χ4n) is 6.32. The Morgan fingerprint density at radius 2 is 0.804 bits per heavy atom. The van der Waals surface area contributed by atoms with E-state index in [9.17, 15) is 9.59 Å². The average Bonchev–Trinajstić information content (AvgIpc) is 3.18. The first-order valence-corrected chi connectivity index (χ1v) is 25.4. The van der Waals surface area contributed by atoms with E-state index in [0.29, 0.717) is 26.1 Å². The normalized spacial score (nSPS) is 12.1. The minimum Gasteiger partial charge on any atom is -0.466 e. The summed E-state index contributed by atoms with van der Waals surface area (Å²) in [6.45, 7) is 9.10. The molecule has 0 fully saturated rings.